The van der Waals surface area contributed by atoms with E-state index in [1.54, 1.807) is 12.1 Å². The van der Waals surface area contributed by atoms with Gasteiger partial charge in [0.2, 0.25) is 5.91 Å². The van der Waals surface area contributed by atoms with E-state index < -0.39 is 53.7 Å². The molecule has 0 spiro atoms. The number of carbonyl (C=O) groups excluding carboxylic acids is 1. The van der Waals surface area contributed by atoms with Gasteiger partial charge >= 0.3 is 42.6 Å². The van der Waals surface area contributed by atoms with Crippen LogP contribution in [0.25, 0.3) is 0 Å². The SMILES string of the molecule is NC1(C(=O)NCc2ccc(Nc3ccc(Br)cc3C(F)(F)F)cn2)CC1.O=C(O)C(F)(F)F.O=C(O)C(F)(F)F.O=C(O)C(F)(F)F. The largest absolute Gasteiger partial charge is 0.490 e. The molecule has 1 aromatic carbocycles. The third-order valence-electron chi connectivity index (χ3n) is 4.79. The number of carboxylic acid groups (broad SMARTS) is 3. The van der Waals surface area contributed by atoms with Gasteiger partial charge in [0.25, 0.3) is 0 Å². The summed E-state index contributed by atoms with van der Waals surface area (Å²) in [7, 11) is 0. The predicted octanol–water partition coefficient (Wildman–Crippen LogP) is 5.61. The summed E-state index contributed by atoms with van der Waals surface area (Å²) in [5.74, 6) is -8.49. The zero-order chi connectivity index (χ0) is 37.2. The molecule has 0 bridgehead atoms. The van der Waals surface area contributed by atoms with Crippen molar-refractivity contribution in [3.05, 3.63) is 52.3 Å². The Hall–Kier alpha value is -4.35. The average Bonchev–Trinajstić information content (AvgIpc) is 3.66. The van der Waals surface area contributed by atoms with Gasteiger partial charge in [-0.3, -0.25) is 9.78 Å². The summed E-state index contributed by atoms with van der Waals surface area (Å²) in [6.45, 7) is 0.212. The van der Waals surface area contributed by atoms with Gasteiger partial charge in [-0.05, 0) is 43.2 Å². The van der Waals surface area contributed by atoms with Crippen molar-refractivity contribution in [2.45, 2.75) is 49.6 Å². The highest BCUT2D eigenvalue weighted by Gasteiger charge is 2.45. The second-order valence-electron chi connectivity index (χ2n) is 8.60. The Bertz CT molecular complexity index is 1340. The Labute approximate surface area is 261 Å². The Morgan fingerprint density at radius 3 is 1.53 bits per heavy atom. The van der Waals surface area contributed by atoms with E-state index in [0.717, 1.165) is 6.07 Å². The summed E-state index contributed by atoms with van der Waals surface area (Å²) in [5, 5.41) is 26.8. The second kappa shape index (κ2) is 16.5. The van der Waals surface area contributed by atoms with E-state index in [4.69, 9.17) is 35.4 Å². The van der Waals surface area contributed by atoms with Crippen LogP contribution in [0.15, 0.2) is 41.0 Å². The molecule has 2 aromatic rings. The first-order chi connectivity index (χ1) is 21.0. The Morgan fingerprint density at radius 2 is 1.21 bits per heavy atom. The van der Waals surface area contributed by atoms with Crippen LogP contribution in [-0.4, -0.2) is 68.2 Å². The maximum Gasteiger partial charge on any atom is 0.490 e. The van der Waals surface area contributed by atoms with Gasteiger partial charge in [0.15, 0.2) is 0 Å². The predicted molar refractivity (Wildman–Crippen MR) is 136 cm³/mol. The van der Waals surface area contributed by atoms with Crippen molar-refractivity contribution in [1.29, 1.82) is 0 Å². The molecule has 0 unspecified atom stereocenters. The highest BCUT2D eigenvalue weighted by Crippen LogP contribution is 2.37. The van der Waals surface area contributed by atoms with E-state index in [0.29, 0.717) is 28.7 Å². The van der Waals surface area contributed by atoms with Crippen LogP contribution in [0, 0.1) is 0 Å². The average molecular weight is 771 g/mol. The number of alkyl halides is 12. The fraction of sp³-hybridized carbons (Fsp3) is 0.348. The van der Waals surface area contributed by atoms with E-state index in [1.807, 2.05) is 0 Å². The summed E-state index contributed by atoms with van der Waals surface area (Å²) in [6, 6.07) is 7.11. The lowest BCUT2D eigenvalue weighted by Crippen LogP contribution is -2.42. The number of carboxylic acids is 3. The molecule has 3 rings (SSSR count). The van der Waals surface area contributed by atoms with Crippen LogP contribution in [-0.2, 0) is 31.9 Å². The van der Waals surface area contributed by atoms with Gasteiger partial charge in [0.1, 0.15) is 0 Å². The molecule has 47 heavy (non-hydrogen) atoms. The lowest BCUT2D eigenvalue weighted by molar-refractivity contribution is -0.193. The number of halogens is 13. The van der Waals surface area contributed by atoms with Crippen LogP contribution in [0.1, 0.15) is 24.1 Å². The molecule has 1 saturated carbocycles. The minimum absolute atomic E-state index is 0.0673. The normalized spacial score (nSPS) is 13.6. The number of anilines is 2. The molecular weight excluding hydrogens is 752 g/mol. The van der Waals surface area contributed by atoms with Crippen molar-refractivity contribution in [1.82, 2.24) is 10.3 Å². The molecule has 24 heteroatoms. The number of benzene rings is 1. The molecule has 0 saturated heterocycles. The Kier molecular flexibility index (Phi) is 14.9. The molecule has 0 aliphatic heterocycles. The number of carbonyl (C=O) groups is 4. The van der Waals surface area contributed by atoms with Crippen LogP contribution in [0.4, 0.5) is 64.1 Å². The first-order valence-corrected chi connectivity index (χ1v) is 12.4. The first-order valence-electron chi connectivity index (χ1n) is 11.6. The topological polar surface area (TPSA) is 192 Å². The third-order valence-corrected chi connectivity index (χ3v) is 5.28. The molecular formula is C23H19BrF12N4O7. The number of amides is 1. The molecule has 11 nitrogen and oxygen atoms in total. The molecule has 264 valence electrons. The molecule has 0 atom stereocenters. The van der Waals surface area contributed by atoms with E-state index in [2.05, 4.69) is 31.5 Å². The molecule has 0 radical (unpaired) electrons. The molecule has 1 fully saturated rings. The summed E-state index contributed by atoms with van der Waals surface area (Å²) in [5.41, 5.74) is 5.18. The van der Waals surface area contributed by atoms with Crippen molar-refractivity contribution in [2.75, 3.05) is 5.32 Å². The minimum Gasteiger partial charge on any atom is -0.475 e. The van der Waals surface area contributed by atoms with Gasteiger partial charge in [-0.2, -0.15) is 52.7 Å². The van der Waals surface area contributed by atoms with Crippen molar-refractivity contribution in [3.63, 3.8) is 0 Å². The maximum atomic E-state index is 13.1. The molecule has 1 aromatic heterocycles. The van der Waals surface area contributed by atoms with Crippen molar-refractivity contribution < 1.29 is 87.2 Å². The van der Waals surface area contributed by atoms with E-state index >= 15 is 0 Å². The van der Waals surface area contributed by atoms with Gasteiger partial charge in [0.05, 0.1) is 40.9 Å². The standard InChI is InChI=1S/C17H16BrF3N4O.3C2HF3O2/c18-10-1-4-14(13(7-10)17(19,20)21)25-12-3-2-11(23-9-12)8-24-15(26)16(22)5-6-16;3*3-2(4,5)1(6)7/h1-4,7,9,25H,5-6,8,22H2,(H,24,26);3*(H,6,7). The number of hydrogen-bond acceptors (Lipinski definition) is 7. The molecule has 1 aliphatic rings. The number of nitrogens with one attached hydrogen (secondary N) is 2. The fourth-order valence-electron chi connectivity index (χ4n) is 2.33. The fourth-order valence-corrected chi connectivity index (χ4v) is 2.69. The zero-order valence-corrected chi connectivity index (χ0v) is 24.1. The summed E-state index contributed by atoms with van der Waals surface area (Å²) >= 11 is 3.05. The molecule has 1 amide bonds. The van der Waals surface area contributed by atoms with E-state index in [9.17, 15) is 57.5 Å². The van der Waals surface area contributed by atoms with E-state index in [-0.39, 0.29) is 18.1 Å². The van der Waals surface area contributed by atoms with E-state index in [1.165, 1.54) is 18.3 Å². The summed E-state index contributed by atoms with van der Waals surface area (Å²) < 4.78 is 135. The summed E-state index contributed by atoms with van der Waals surface area (Å²) in [4.78, 5) is 42.6. The van der Waals surface area contributed by atoms with Crippen LogP contribution in [0.5, 0.6) is 0 Å². The van der Waals surface area contributed by atoms with Gasteiger partial charge in [0, 0.05) is 4.47 Å². The Balaban J connectivity index is 0.000000820. The van der Waals surface area contributed by atoms with Crippen LogP contribution in [0.3, 0.4) is 0 Å². The number of hydrogen-bond donors (Lipinski definition) is 6. The highest BCUT2D eigenvalue weighted by molar-refractivity contribution is 9.10. The number of nitrogens with zero attached hydrogens (tertiary/aromatic N) is 1. The third kappa shape index (κ3) is 16.7. The van der Waals surface area contributed by atoms with Crippen molar-refractivity contribution in [3.8, 4) is 0 Å². The number of rotatable bonds is 5. The lowest BCUT2D eigenvalue weighted by atomic mass is 10.1. The summed E-state index contributed by atoms with van der Waals surface area (Å²) in [6.07, 6.45) is -17.0. The monoisotopic (exact) mass is 770 g/mol. The second-order valence-corrected chi connectivity index (χ2v) is 9.51. The minimum atomic E-state index is -5.08. The number of pyridine rings is 1. The van der Waals surface area contributed by atoms with Crippen LogP contribution >= 0.6 is 15.9 Å². The quantitative estimate of drug-likeness (QED) is 0.208. The lowest BCUT2D eigenvalue weighted by Gasteiger charge is -2.15. The molecule has 1 heterocycles. The smallest absolute Gasteiger partial charge is 0.475 e. The first kappa shape index (κ1) is 42.6. The van der Waals surface area contributed by atoms with Crippen LogP contribution in [0.2, 0.25) is 0 Å². The molecule has 7 N–H and O–H groups in total. The Morgan fingerprint density at radius 1 is 0.787 bits per heavy atom. The maximum absolute atomic E-state index is 13.1. The van der Waals surface area contributed by atoms with Crippen LogP contribution < -0.4 is 16.4 Å². The molecule has 1 aliphatic carbocycles. The number of nitrogens with two attached hydrogens (primary N) is 1. The van der Waals surface area contributed by atoms with Gasteiger partial charge in [-0.15, -0.1) is 0 Å². The highest BCUT2D eigenvalue weighted by atomic mass is 79.9. The van der Waals surface area contributed by atoms with Gasteiger partial charge in [-0.25, -0.2) is 14.4 Å². The van der Waals surface area contributed by atoms with Gasteiger partial charge < -0.3 is 31.7 Å². The number of aliphatic carboxylic acids is 3. The number of aromatic nitrogens is 1. The van der Waals surface area contributed by atoms with Crippen molar-refractivity contribution in [2.24, 2.45) is 5.73 Å². The van der Waals surface area contributed by atoms with Gasteiger partial charge in [-0.1, -0.05) is 15.9 Å². The zero-order valence-electron chi connectivity index (χ0n) is 22.5. The van der Waals surface area contributed by atoms with Crippen molar-refractivity contribution >= 4 is 51.1 Å².